The molecule has 0 aromatic carbocycles. The van der Waals surface area contributed by atoms with Gasteiger partial charge < -0.3 is 14.4 Å². The Kier molecular flexibility index (Phi) is 5.86. The van der Waals surface area contributed by atoms with Crippen molar-refractivity contribution in [3.8, 4) is 0 Å². The van der Waals surface area contributed by atoms with Crippen molar-refractivity contribution in [2.75, 3.05) is 0 Å². The summed E-state index contributed by atoms with van der Waals surface area (Å²) in [5.41, 5.74) is 2.90. The quantitative estimate of drug-likeness (QED) is 0.462. The van der Waals surface area contributed by atoms with Crippen molar-refractivity contribution >= 4 is 21.3 Å². The Labute approximate surface area is 141 Å². The molecule has 0 aliphatic heterocycles. The summed E-state index contributed by atoms with van der Waals surface area (Å²) < 4.78 is 7.12. The molecule has 124 valence electrons. The largest absolute Gasteiger partial charge is 0.413 e. The van der Waals surface area contributed by atoms with Gasteiger partial charge in [0.25, 0.3) is 0 Å². The second-order valence-electron chi connectivity index (χ2n) is 7.83. The number of H-pyrrole nitrogens is 2. The summed E-state index contributed by atoms with van der Waals surface area (Å²) in [5.74, 6) is 0.684. The first-order valence-corrected chi connectivity index (χ1v) is 11.6. The molecule has 0 fully saturated rings. The zero-order chi connectivity index (χ0) is 16.3. The molecule has 1 aromatic heterocycles. The van der Waals surface area contributed by atoms with Gasteiger partial charge in [-0.2, -0.15) is 0 Å². The fourth-order valence-electron chi connectivity index (χ4n) is 3.32. The van der Waals surface area contributed by atoms with Gasteiger partial charge in [0, 0.05) is 11.9 Å². The lowest BCUT2D eigenvalue weighted by Crippen LogP contribution is -2.36. The van der Waals surface area contributed by atoms with Crippen LogP contribution in [0.5, 0.6) is 0 Å². The SMILES string of the molecule is C[SiH](C)OC(C1=CCCC(Cc2c[nH]c(=S)[nH]2)C1)C(C)(C)C. The minimum atomic E-state index is -1.05. The fourth-order valence-corrected chi connectivity index (χ4v) is 4.64. The van der Waals surface area contributed by atoms with Gasteiger partial charge in [0.15, 0.2) is 13.8 Å². The van der Waals surface area contributed by atoms with Crippen LogP contribution in [-0.4, -0.2) is 25.1 Å². The van der Waals surface area contributed by atoms with Crippen LogP contribution in [0.3, 0.4) is 0 Å². The van der Waals surface area contributed by atoms with Crippen molar-refractivity contribution in [1.29, 1.82) is 0 Å². The van der Waals surface area contributed by atoms with Gasteiger partial charge in [0.2, 0.25) is 0 Å². The number of aromatic nitrogens is 2. The van der Waals surface area contributed by atoms with Crippen molar-refractivity contribution < 1.29 is 4.43 Å². The number of hydrogen-bond donors (Lipinski definition) is 2. The van der Waals surface area contributed by atoms with Crippen molar-refractivity contribution in [2.45, 2.75) is 65.7 Å². The summed E-state index contributed by atoms with van der Waals surface area (Å²) >= 11 is 5.12. The highest BCUT2D eigenvalue weighted by Gasteiger charge is 2.32. The number of aromatic amines is 2. The summed E-state index contributed by atoms with van der Waals surface area (Å²) in [4.78, 5) is 6.31. The van der Waals surface area contributed by atoms with Crippen LogP contribution in [0.15, 0.2) is 17.8 Å². The van der Waals surface area contributed by atoms with Crippen LogP contribution in [0, 0.1) is 16.1 Å². The van der Waals surface area contributed by atoms with Crippen LogP contribution >= 0.6 is 12.2 Å². The van der Waals surface area contributed by atoms with Crippen LogP contribution in [0.25, 0.3) is 0 Å². The highest BCUT2D eigenvalue weighted by Crippen LogP contribution is 2.36. The third-order valence-electron chi connectivity index (χ3n) is 4.20. The number of hydrogen-bond acceptors (Lipinski definition) is 2. The van der Waals surface area contributed by atoms with E-state index in [4.69, 9.17) is 16.6 Å². The van der Waals surface area contributed by atoms with Crippen LogP contribution in [0.4, 0.5) is 0 Å². The highest BCUT2D eigenvalue weighted by molar-refractivity contribution is 7.71. The number of nitrogens with one attached hydrogen (secondary N) is 2. The average molecular weight is 339 g/mol. The van der Waals surface area contributed by atoms with E-state index < -0.39 is 9.04 Å². The summed E-state index contributed by atoms with van der Waals surface area (Å²) in [6.45, 7) is 11.4. The second-order valence-corrected chi connectivity index (χ2v) is 10.6. The van der Waals surface area contributed by atoms with Crippen LogP contribution in [0.1, 0.15) is 45.7 Å². The fraction of sp³-hybridized carbons (Fsp3) is 0.706. The zero-order valence-corrected chi connectivity index (χ0v) is 16.5. The summed E-state index contributed by atoms with van der Waals surface area (Å²) in [6, 6.07) is 0. The van der Waals surface area contributed by atoms with Gasteiger partial charge >= 0.3 is 0 Å². The van der Waals surface area contributed by atoms with Crippen molar-refractivity contribution in [2.24, 2.45) is 11.3 Å². The molecule has 0 radical (unpaired) electrons. The molecule has 22 heavy (non-hydrogen) atoms. The molecule has 0 spiro atoms. The molecule has 1 aromatic rings. The van der Waals surface area contributed by atoms with Gasteiger partial charge in [0.1, 0.15) is 0 Å². The molecule has 1 heterocycles. The zero-order valence-electron chi connectivity index (χ0n) is 14.5. The normalized spacial score (nSPS) is 21.0. The van der Waals surface area contributed by atoms with Gasteiger partial charge in [-0.1, -0.05) is 26.8 Å². The number of rotatable bonds is 5. The molecule has 0 bridgehead atoms. The first-order valence-electron chi connectivity index (χ1n) is 8.36. The van der Waals surface area contributed by atoms with Crippen molar-refractivity contribution in [3.05, 3.63) is 28.3 Å². The molecule has 2 unspecified atom stereocenters. The van der Waals surface area contributed by atoms with E-state index in [0.717, 1.165) is 17.6 Å². The molecule has 1 aliphatic carbocycles. The van der Waals surface area contributed by atoms with Gasteiger partial charge in [-0.25, -0.2) is 0 Å². The third-order valence-corrected chi connectivity index (χ3v) is 5.23. The second kappa shape index (κ2) is 7.28. The van der Waals surface area contributed by atoms with E-state index in [-0.39, 0.29) is 11.5 Å². The van der Waals surface area contributed by atoms with Gasteiger partial charge in [0.05, 0.1) is 6.10 Å². The maximum absolute atomic E-state index is 6.40. The van der Waals surface area contributed by atoms with E-state index in [1.54, 1.807) is 0 Å². The van der Waals surface area contributed by atoms with E-state index >= 15 is 0 Å². The summed E-state index contributed by atoms with van der Waals surface area (Å²) in [7, 11) is -1.05. The average Bonchev–Trinajstić information content (AvgIpc) is 2.80. The van der Waals surface area contributed by atoms with Crippen LogP contribution < -0.4 is 0 Å². The Bertz CT molecular complexity index is 568. The minimum absolute atomic E-state index is 0.166. The Hall–Kier alpha value is -0.653. The smallest absolute Gasteiger partial charge is 0.174 e. The van der Waals surface area contributed by atoms with E-state index in [0.29, 0.717) is 5.92 Å². The molecule has 2 atom stereocenters. The van der Waals surface area contributed by atoms with Crippen LogP contribution in [0.2, 0.25) is 13.1 Å². The molecular weight excluding hydrogens is 308 g/mol. The van der Waals surface area contributed by atoms with Gasteiger partial charge in [-0.3, -0.25) is 0 Å². The molecule has 2 N–H and O–H groups in total. The van der Waals surface area contributed by atoms with Gasteiger partial charge in [-0.05, 0) is 67.9 Å². The monoisotopic (exact) mass is 338 g/mol. The van der Waals surface area contributed by atoms with E-state index in [1.807, 2.05) is 6.20 Å². The maximum atomic E-state index is 6.40. The van der Waals surface area contributed by atoms with Crippen LogP contribution in [-0.2, 0) is 10.8 Å². The molecule has 1 aliphatic rings. The molecule has 2 rings (SSSR count). The predicted molar refractivity (Wildman–Crippen MR) is 98.3 cm³/mol. The maximum Gasteiger partial charge on any atom is 0.174 e. The Morgan fingerprint density at radius 1 is 1.41 bits per heavy atom. The summed E-state index contributed by atoms with van der Waals surface area (Å²) in [6.07, 6.45) is 9.36. The first kappa shape index (κ1) is 17.7. The first-order chi connectivity index (χ1) is 10.3. The lowest BCUT2D eigenvalue weighted by atomic mass is 9.77. The molecular formula is C17H30N2OSSi. The standard InChI is InChI=1S/C17H30N2OSSi/c1-17(2,3)15(20-22(4)5)13-8-6-7-12(9-13)10-14-11-18-16(21)19-14/h8,11-12,15,22H,6-7,9-10H2,1-5H3,(H2,18,19,21). The molecule has 5 heteroatoms. The lowest BCUT2D eigenvalue weighted by Gasteiger charge is -2.37. The molecule has 3 nitrogen and oxygen atoms in total. The molecule has 0 amide bonds. The summed E-state index contributed by atoms with van der Waals surface area (Å²) in [5, 5.41) is 0. The Morgan fingerprint density at radius 3 is 2.68 bits per heavy atom. The van der Waals surface area contributed by atoms with Gasteiger partial charge in [-0.15, -0.1) is 0 Å². The van der Waals surface area contributed by atoms with E-state index in [2.05, 4.69) is 49.9 Å². The van der Waals surface area contributed by atoms with Crippen molar-refractivity contribution in [3.63, 3.8) is 0 Å². The lowest BCUT2D eigenvalue weighted by molar-refractivity contribution is 0.110. The van der Waals surface area contributed by atoms with E-state index in [1.165, 1.54) is 24.1 Å². The Morgan fingerprint density at radius 2 is 2.14 bits per heavy atom. The Balaban J connectivity index is 2.07. The number of imidazole rings is 1. The number of allylic oxidation sites excluding steroid dienone is 1. The molecule has 0 saturated carbocycles. The molecule has 0 saturated heterocycles. The topological polar surface area (TPSA) is 40.8 Å². The highest BCUT2D eigenvalue weighted by atomic mass is 32.1. The van der Waals surface area contributed by atoms with Crippen molar-refractivity contribution in [1.82, 2.24) is 9.97 Å². The van der Waals surface area contributed by atoms with E-state index in [9.17, 15) is 0 Å². The third kappa shape index (κ3) is 4.93. The predicted octanol–water partition coefficient (Wildman–Crippen LogP) is 4.76. The minimum Gasteiger partial charge on any atom is -0.413 e.